The summed E-state index contributed by atoms with van der Waals surface area (Å²) in [6.07, 6.45) is 0. The number of benzene rings is 2. The molecule has 0 radical (unpaired) electrons. The third-order valence-electron chi connectivity index (χ3n) is 4.53. The average Bonchev–Trinajstić information content (AvgIpc) is 2.68. The van der Waals surface area contributed by atoms with Crippen LogP contribution in [-0.2, 0) is 0 Å². The molecule has 0 atom stereocenters. The van der Waals surface area contributed by atoms with E-state index < -0.39 is 11.6 Å². The second-order valence-electron chi connectivity index (χ2n) is 6.74. The predicted molar refractivity (Wildman–Crippen MR) is 113 cm³/mol. The maximum Gasteiger partial charge on any atom is 0.227 e. The molecule has 4 aromatic rings. The van der Waals surface area contributed by atoms with Gasteiger partial charge in [-0.2, -0.15) is 0 Å². The number of fused-ring (bicyclic) bond motifs is 1. The number of hydrogen-bond donors (Lipinski definition) is 1. The Morgan fingerprint density at radius 3 is 2.47 bits per heavy atom. The number of rotatable bonds is 5. The van der Waals surface area contributed by atoms with Crippen LogP contribution in [0.25, 0.3) is 16.6 Å². The van der Waals surface area contributed by atoms with Crippen LogP contribution in [0, 0.1) is 18.6 Å². The maximum atomic E-state index is 14.0. The second-order valence-corrected chi connectivity index (χ2v) is 6.74. The average molecular weight is 407 g/mol. The van der Waals surface area contributed by atoms with Gasteiger partial charge in [-0.3, -0.25) is 9.36 Å². The Kier molecular flexibility index (Phi) is 5.18. The number of anilines is 2. The van der Waals surface area contributed by atoms with Gasteiger partial charge in [0.15, 0.2) is 5.43 Å². The SMILES string of the molecule is CCOc1nc(C)cc2c1c(=O)cc(Nc1cccc(F)c1)n2-c1cccc(F)c1. The highest BCUT2D eigenvalue weighted by Gasteiger charge is 2.17. The number of aryl methyl sites for hydroxylation is 1. The number of ether oxygens (including phenoxy) is 1. The van der Waals surface area contributed by atoms with Crippen molar-refractivity contribution in [2.24, 2.45) is 0 Å². The lowest BCUT2D eigenvalue weighted by molar-refractivity contribution is 0.330. The molecule has 0 aliphatic heterocycles. The van der Waals surface area contributed by atoms with E-state index >= 15 is 0 Å². The monoisotopic (exact) mass is 407 g/mol. The van der Waals surface area contributed by atoms with E-state index in [0.717, 1.165) is 0 Å². The Morgan fingerprint density at radius 2 is 1.77 bits per heavy atom. The van der Waals surface area contributed by atoms with E-state index in [1.807, 2.05) is 0 Å². The Balaban J connectivity index is 2.06. The lowest BCUT2D eigenvalue weighted by Gasteiger charge is -2.19. The molecular formula is C23H19F2N3O2. The predicted octanol–water partition coefficient (Wildman–Crippen LogP) is 5.11. The Hall–Kier alpha value is -3.74. The molecule has 0 saturated heterocycles. The standard InChI is InChI=1S/C23H19F2N3O2/c1-3-30-23-22-19(10-14(2)26-23)28(18-9-5-7-16(25)12-18)21(13-20(22)29)27-17-8-4-6-15(24)11-17/h4-13,27H,3H2,1-2H3. The normalized spacial score (nSPS) is 10.9. The maximum absolute atomic E-state index is 14.0. The minimum absolute atomic E-state index is 0.222. The van der Waals surface area contributed by atoms with E-state index in [1.54, 1.807) is 48.7 Å². The van der Waals surface area contributed by atoms with Crippen molar-refractivity contribution in [2.75, 3.05) is 11.9 Å². The van der Waals surface area contributed by atoms with Crippen molar-refractivity contribution in [2.45, 2.75) is 13.8 Å². The largest absolute Gasteiger partial charge is 0.477 e. The Bertz CT molecular complexity index is 1300. The first kappa shape index (κ1) is 19.6. The summed E-state index contributed by atoms with van der Waals surface area (Å²) in [5.41, 5.74) is 1.77. The molecule has 4 rings (SSSR count). The summed E-state index contributed by atoms with van der Waals surface area (Å²) in [7, 11) is 0. The fraction of sp³-hybridized carbons (Fsp3) is 0.130. The molecule has 152 valence electrons. The molecule has 1 N–H and O–H groups in total. The van der Waals surface area contributed by atoms with Crippen molar-refractivity contribution in [3.63, 3.8) is 0 Å². The molecule has 0 fully saturated rings. The minimum atomic E-state index is -0.424. The van der Waals surface area contributed by atoms with Crippen LogP contribution in [0.1, 0.15) is 12.6 Å². The van der Waals surface area contributed by atoms with E-state index in [2.05, 4.69) is 10.3 Å². The molecule has 0 saturated carbocycles. The van der Waals surface area contributed by atoms with Gasteiger partial charge in [0.05, 0.1) is 17.8 Å². The van der Waals surface area contributed by atoms with Gasteiger partial charge in [0.25, 0.3) is 0 Å². The van der Waals surface area contributed by atoms with E-state index in [0.29, 0.717) is 35.0 Å². The van der Waals surface area contributed by atoms with Crippen LogP contribution >= 0.6 is 0 Å². The molecule has 2 aromatic heterocycles. The van der Waals surface area contributed by atoms with Crippen molar-refractivity contribution in [3.05, 3.63) is 88.2 Å². The zero-order valence-corrected chi connectivity index (χ0v) is 16.4. The number of halogens is 2. The van der Waals surface area contributed by atoms with Crippen LogP contribution in [-0.4, -0.2) is 16.2 Å². The number of hydrogen-bond acceptors (Lipinski definition) is 4. The second kappa shape index (κ2) is 7.94. The van der Waals surface area contributed by atoms with Crippen LogP contribution in [0.2, 0.25) is 0 Å². The van der Waals surface area contributed by atoms with Crippen molar-refractivity contribution < 1.29 is 13.5 Å². The van der Waals surface area contributed by atoms with Crippen LogP contribution in [0.5, 0.6) is 5.88 Å². The molecule has 0 aliphatic rings. The summed E-state index contributed by atoms with van der Waals surface area (Å²) in [5, 5.41) is 3.36. The van der Waals surface area contributed by atoms with Gasteiger partial charge in [-0.1, -0.05) is 12.1 Å². The summed E-state index contributed by atoms with van der Waals surface area (Å²) in [6.45, 7) is 3.93. The summed E-state index contributed by atoms with van der Waals surface area (Å²) in [4.78, 5) is 17.3. The van der Waals surface area contributed by atoms with E-state index in [1.165, 1.54) is 30.3 Å². The summed E-state index contributed by atoms with van der Waals surface area (Å²) in [5.74, 6) is -0.261. The van der Waals surface area contributed by atoms with Gasteiger partial charge in [-0.25, -0.2) is 13.8 Å². The lowest BCUT2D eigenvalue weighted by atomic mass is 10.2. The van der Waals surface area contributed by atoms with Gasteiger partial charge in [-0.15, -0.1) is 0 Å². The van der Waals surface area contributed by atoms with Crippen molar-refractivity contribution in [3.8, 4) is 11.6 Å². The van der Waals surface area contributed by atoms with E-state index in [4.69, 9.17) is 4.74 Å². The number of nitrogens with one attached hydrogen (secondary N) is 1. The molecule has 7 heteroatoms. The van der Waals surface area contributed by atoms with Gasteiger partial charge >= 0.3 is 0 Å². The quantitative estimate of drug-likeness (QED) is 0.499. The van der Waals surface area contributed by atoms with E-state index in [9.17, 15) is 13.6 Å². The zero-order valence-electron chi connectivity index (χ0n) is 16.4. The number of pyridine rings is 2. The van der Waals surface area contributed by atoms with E-state index in [-0.39, 0.29) is 16.7 Å². The molecule has 30 heavy (non-hydrogen) atoms. The summed E-state index contributed by atoms with van der Waals surface area (Å²) < 4.78 is 35.0. The Labute approximate surface area is 171 Å². The highest BCUT2D eigenvalue weighted by Crippen LogP contribution is 2.29. The van der Waals surface area contributed by atoms with Gasteiger partial charge in [0.1, 0.15) is 22.8 Å². The highest BCUT2D eigenvalue weighted by atomic mass is 19.1. The molecule has 5 nitrogen and oxygen atoms in total. The van der Waals surface area contributed by atoms with Gasteiger partial charge in [0.2, 0.25) is 5.88 Å². The van der Waals surface area contributed by atoms with Crippen molar-refractivity contribution >= 4 is 22.4 Å². The Morgan fingerprint density at radius 1 is 1.03 bits per heavy atom. The van der Waals surface area contributed by atoms with Crippen LogP contribution in [0.3, 0.4) is 0 Å². The fourth-order valence-corrected chi connectivity index (χ4v) is 3.37. The first-order valence-corrected chi connectivity index (χ1v) is 9.45. The molecule has 0 spiro atoms. The van der Waals surface area contributed by atoms with Crippen LogP contribution < -0.4 is 15.5 Å². The first-order chi connectivity index (χ1) is 14.5. The van der Waals surface area contributed by atoms with Crippen molar-refractivity contribution in [1.29, 1.82) is 0 Å². The summed E-state index contributed by atoms with van der Waals surface area (Å²) >= 11 is 0. The topological polar surface area (TPSA) is 56.1 Å². The third-order valence-corrected chi connectivity index (χ3v) is 4.53. The fourth-order valence-electron chi connectivity index (χ4n) is 3.37. The molecular weight excluding hydrogens is 388 g/mol. The van der Waals surface area contributed by atoms with Crippen LogP contribution in [0.4, 0.5) is 20.3 Å². The first-order valence-electron chi connectivity index (χ1n) is 9.45. The molecule has 2 aromatic carbocycles. The molecule has 0 bridgehead atoms. The lowest BCUT2D eigenvalue weighted by Crippen LogP contribution is -2.15. The molecule has 0 aliphatic carbocycles. The van der Waals surface area contributed by atoms with Gasteiger partial charge in [-0.05, 0) is 56.3 Å². The van der Waals surface area contributed by atoms with Crippen molar-refractivity contribution in [1.82, 2.24) is 9.55 Å². The molecule has 2 heterocycles. The third kappa shape index (κ3) is 3.74. The number of aromatic nitrogens is 2. The summed E-state index contributed by atoms with van der Waals surface area (Å²) in [6, 6.07) is 15.0. The smallest absolute Gasteiger partial charge is 0.227 e. The van der Waals surface area contributed by atoms with Gasteiger partial charge < -0.3 is 10.1 Å². The number of nitrogens with zero attached hydrogens (tertiary/aromatic N) is 2. The molecule has 0 amide bonds. The molecule has 0 unspecified atom stereocenters. The van der Waals surface area contributed by atoms with Crippen LogP contribution in [0.15, 0.2) is 65.5 Å². The van der Waals surface area contributed by atoms with Gasteiger partial charge in [0, 0.05) is 17.4 Å². The highest BCUT2D eigenvalue weighted by molar-refractivity contribution is 5.88. The zero-order chi connectivity index (χ0) is 21.3. The minimum Gasteiger partial charge on any atom is -0.477 e.